The largest absolute Gasteiger partial charge is 0.491 e. The van der Waals surface area contributed by atoms with E-state index in [-0.39, 0.29) is 23.3 Å². The highest BCUT2D eigenvalue weighted by atomic mass is 16.3. The van der Waals surface area contributed by atoms with Crippen molar-refractivity contribution >= 4 is 17.5 Å². The molecule has 63 valence electrons. The molecule has 0 saturated carbocycles. The van der Waals surface area contributed by atoms with Crippen molar-refractivity contribution in [2.24, 2.45) is 5.11 Å². The van der Waals surface area contributed by atoms with Crippen molar-refractivity contribution in [1.82, 2.24) is 15.0 Å². The lowest BCUT2D eigenvalue weighted by molar-refractivity contribution is 0.455. The number of hydrogen-bond acceptors (Lipinski definition) is 6. The molecule has 2 rings (SSSR count). The Hall–Kier alpha value is -2.34. The number of hydrogen-bond donors (Lipinski definition) is 2. The highest BCUT2D eigenvalue weighted by molar-refractivity contribution is 6.02. The Kier molecular flexibility index (Phi) is 1.47. The second-order valence-electron chi connectivity index (χ2n) is 2.15. The van der Waals surface area contributed by atoms with Crippen LogP contribution in [0.1, 0.15) is 0 Å². The molecule has 0 amide bonds. The lowest BCUT2D eigenvalue weighted by atomic mass is 10.5. The van der Waals surface area contributed by atoms with Crippen LogP contribution in [0.5, 0.6) is 5.88 Å². The molecular formula is C5H3N7O+. The van der Waals surface area contributed by atoms with Crippen LogP contribution < -0.4 is 10.3 Å². The van der Waals surface area contributed by atoms with Crippen molar-refractivity contribution in [2.75, 3.05) is 5.32 Å². The summed E-state index contributed by atoms with van der Waals surface area (Å²) in [5.74, 6) is 0.0834. The van der Waals surface area contributed by atoms with E-state index >= 15 is 0 Å². The van der Waals surface area contributed by atoms with Crippen LogP contribution in [-0.4, -0.2) is 21.0 Å². The SMILES string of the molecule is [N-]=[N+]=NC1=[N+]c2ncnc(O)c2N1. The fourth-order valence-electron chi connectivity index (χ4n) is 0.894. The lowest BCUT2D eigenvalue weighted by Gasteiger charge is -1.90. The summed E-state index contributed by atoms with van der Waals surface area (Å²) in [4.78, 5) is 13.6. The van der Waals surface area contributed by atoms with E-state index in [9.17, 15) is 5.11 Å². The summed E-state index contributed by atoms with van der Waals surface area (Å²) in [6.45, 7) is 0. The van der Waals surface area contributed by atoms with Crippen LogP contribution in [0.3, 0.4) is 0 Å². The van der Waals surface area contributed by atoms with Crippen LogP contribution >= 0.6 is 0 Å². The van der Waals surface area contributed by atoms with Crippen LogP contribution in [0, 0.1) is 0 Å². The van der Waals surface area contributed by atoms with Gasteiger partial charge in [0.25, 0.3) is 11.0 Å². The van der Waals surface area contributed by atoms with E-state index in [1.54, 1.807) is 0 Å². The number of fused-ring (bicyclic) bond motifs is 1. The number of anilines is 1. The topological polar surface area (TPSA) is 121 Å². The molecule has 8 nitrogen and oxygen atoms in total. The summed E-state index contributed by atoms with van der Waals surface area (Å²) in [6.07, 6.45) is 1.17. The zero-order chi connectivity index (χ0) is 9.26. The van der Waals surface area contributed by atoms with Gasteiger partial charge in [0, 0.05) is 5.53 Å². The molecule has 0 unspecified atom stereocenters. The molecule has 13 heavy (non-hydrogen) atoms. The molecule has 0 fully saturated rings. The van der Waals surface area contributed by atoms with E-state index < -0.39 is 0 Å². The van der Waals surface area contributed by atoms with Crippen LogP contribution in [0.2, 0.25) is 0 Å². The number of aromatic nitrogens is 2. The molecule has 0 aliphatic carbocycles. The van der Waals surface area contributed by atoms with Gasteiger partial charge in [-0.1, -0.05) is 4.99 Å². The second-order valence-corrected chi connectivity index (χ2v) is 2.15. The quantitative estimate of drug-likeness (QED) is 0.335. The third kappa shape index (κ3) is 1.10. The van der Waals surface area contributed by atoms with Crippen LogP contribution in [0.25, 0.3) is 10.4 Å². The number of aliphatic imine (C=N–C) groups is 1. The molecule has 0 saturated heterocycles. The molecular weight excluding hydrogens is 174 g/mol. The van der Waals surface area contributed by atoms with Crippen molar-refractivity contribution in [3.8, 4) is 5.88 Å². The fraction of sp³-hybridized carbons (Fsp3) is 0. The van der Waals surface area contributed by atoms with Crippen molar-refractivity contribution in [3.05, 3.63) is 16.8 Å². The Labute approximate surface area is 71.6 Å². The predicted molar refractivity (Wildman–Crippen MR) is 43.3 cm³/mol. The monoisotopic (exact) mass is 177 g/mol. The summed E-state index contributed by atoms with van der Waals surface area (Å²) in [5.41, 5.74) is 8.37. The molecule has 0 aromatic carbocycles. The molecule has 1 aliphatic rings. The van der Waals surface area contributed by atoms with E-state index in [0.717, 1.165) is 0 Å². The maximum absolute atomic E-state index is 9.20. The minimum atomic E-state index is -0.225. The van der Waals surface area contributed by atoms with E-state index in [0.29, 0.717) is 0 Å². The van der Waals surface area contributed by atoms with Gasteiger partial charge in [-0.3, -0.25) is 0 Å². The Morgan fingerprint density at radius 3 is 3.15 bits per heavy atom. The van der Waals surface area contributed by atoms with Crippen LogP contribution in [0.4, 0.5) is 11.5 Å². The first kappa shape index (κ1) is 7.32. The average Bonchev–Trinajstić information content (AvgIpc) is 2.49. The highest BCUT2D eigenvalue weighted by Crippen LogP contribution is 2.29. The smallest absolute Gasteiger partial charge is 0.470 e. The number of nitrogens with one attached hydrogen (secondary N) is 1. The first-order chi connectivity index (χ1) is 6.31. The van der Waals surface area contributed by atoms with Gasteiger partial charge in [0.05, 0.1) is 0 Å². The molecule has 1 aromatic heterocycles. The van der Waals surface area contributed by atoms with Gasteiger partial charge in [0.1, 0.15) is 0 Å². The lowest BCUT2D eigenvalue weighted by Crippen LogP contribution is -2.05. The molecule has 8 heteroatoms. The van der Waals surface area contributed by atoms with E-state index in [2.05, 4.69) is 30.3 Å². The van der Waals surface area contributed by atoms with Gasteiger partial charge in [-0.25, -0.2) is 5.32 Å². The maximum Gasteiger partial charge on any atom is 0.470 e. The molecule has 1 aliphatic heterocycles. The highest BCUT2D eigenvalue weighted by Gasteiger charge is 2.30. The third-order valence-electron chi connectivity index (χ3n) is 1.40. The molecule has 1 aromatic rings. The van der Waals surface area contributed by atoms with E-state index in [4.69, 9.17) is 5.53 Å². The van der Waals surface area contributed by atoms with Gasteiger partial charge >= 0.3 is 11.8 Å². The fourth-order valence-corrected chi connectivity index (χ4v) is 0.894. The summed E-state index contributed by atoms with van der Waals surface area (Å²) >= 11 is 0. The van der Waals surface area contributed by atoms with Crippen molar-refractivity contribution < 1.29 is 5.11 Å². The molecule has 2 heterocycles. The first-order valence-corrected chi connectivity index (χ1v) is 3.26. The normalized spacial score (nSPS) is 12.5. The summed E-state index contributed by atoms with van der Waals surface area (Å²) in [7, 11) is 0. The van der Waals surface area contributed by atoms with Crippen molar-refractivity contribution in [1.29, 1.82) is 0 Å². The van der Waals surface area contributed by atoms with Crippen LogP contribution in [-0.2, 0) is 0 Å². The van der Waals surface area contributed by atoms with Gasteiger partial charge in [0.2, 0.25) is 5.69 Å². The Bertz CT molecular complexity index is 433. The van der Waals surface area contributed by atoms with Gasteiger partial charge in [0.15, 0.2) is 11.2 Å². The molecule has 2 N–H and O–H groups in total. The average molecular weight is 177 g/mol. The Morgan fingerprint density at radius 2 is 2.46 bits per heavy atom. The standard InChI is InChI=1S/C5H3N7O/c6-12-11-5-9-2-3(10-5)7-1-8-4(2)13/h1,9H,(H,7,8,13)/q+1. The van der Waals surface area contributed by atoms with Crippen LogP contribution in [0.15, 0.2) is 11.4 Å². The number of aromatic hydroxyl groups is 1. The Balaban J connectivity index is 2.46. The molecule has 1 radical (unpaired) electrons. The molecule has 0 bridgehead atoms. The van der Waals surface area contributed by atoms with Gasteiger partial charge < -0.3 is 5.11 Å². The first-order valence-electron chi connectivity index (χ1n) is 3.26. The summed E-state index contributed by atoms with van der Waals surface area (Å²) in [5, 5.41) is 15.0. The predicted octanol–water partition coefficient (Wildman–Crippen LogP) is 0.241. The molecule has 0 spiro atoms. The van der Waals surface area contributed by atoms with Gasteiger partial charge in [-0.15, -0.1) is 4.98 Å². The number of guanidine groups is 1. The van der Waals surface area contributed by atoms with E-state index in [1.165, 1.54) is 6.33 Å². The number of rotatable bonds is 0. The van der Waals surface area contributed by atoms with E-state index in [1.807, 2.05) is 0 Å². The molecule has 0 atom stereocenters. The van der Waals surface area contributed by atoms with Gasteiger partial charge in [-0.05, 0) is 0 Å². The third-order valence-corrected chi connectivity index (χ3v) is 1.40. The maximum atomic E-state index is 9.20. The summed E-state index contributed by atoms with van der Waals surface area (Å²) < 4.78 is 0. The zero-order valence-corrected chi connectivity index (χ0v) is 6.21. The minimum Gasteiger partial charge on any atom is -0.491 e. The van der Waals surface area contributed by atoms with Crippen molar-refractivity contribution in [2.45, 2.75) is 0 Å². The van der Waals surface area contributed by atoms with Crippen molar-refractivity contribution in [3.63, 3.8) is 0 Å². The van der Waals surface area contributed by atoms with Gasteiger partial charge in [-0.2, -0.15) is 4.98 Å². The number of nitrogens with zero attached hydrogens (tertiary/aromatic N) is 6. The second kappa shape index (κ2) is 2.61. The Morgan fingerprint density at radius 1 is 1.62 bits per heavy atom. The minimum absolute atomic E-state index is 0.0494. The zero-order valence-electron chi connectivity index (χ0n) is 6.21. The number of azide groups is 1. The summed E-state index contributed by atoms with van der Waals surface area (Å²) in [6, 6.07) is 0.